The summed E-state index contributed by atoms with van der Waals surface area (Å²) in [6.07, 6.45) is 3.66. The van der Waals surface area contributed by atoms with Crippen molar-refractivity contribution in [2.24, 2.45) is 9.98 Å². The van der Waals surface area contributed by atoms with Crippen LogP contribution in [0.15, 0.2) is 148 Å². The first-order valence-electron chi connectivity index (χ1n) is 19.8. The SMILES string of the molecule is CCC.Fc1cccc(F)c1C1=NC(c2ccc(-c3nc4ccccc4o3)cc2)CC1.O=C(Nc1ccccc1O)c1ccc(C2CCC(c3c(F)cccc3F)=N2)cc1. The molecule has 11 heteroatoms. The van der Waals surface area contributed by atoms with E-state index >= 15 is 0 Å². The molecule has 0 aliphatic carbocycles. The molecule has 2 N–H and O–H groups in total. The molecule has 2 aliphatic heterocycles. The van der Waals surface area contributed by atoms with E-state index in [1.807, 2.05) is 48.5 Å². The number of anilines is 1. The number of carbonyl (C=O) groups is 1. The number of nitrogens with zero attached hydrogens (tertiary/aromatic N) is 3. The Labute approximate surface area is 345 Å². The first kappa shape index (κ1) is 41.3. The lowest BCUT2D eigenvalue weighted by Gasteiger charge is -2.10. The van der Waals surface area contributed by atoms with Crippen molar-refractivity contribution < 1.29 is 31.9 Å². The molecular formula is C49H42F4N4O3. The van der Waals surface area contributed by atoms with Crippen molar-refractivity contribution in [3.8, 4) is 17.2 Å². The third-order valence-electron chi connectivity index (χ3n) is 9.98. The lowest BCUT2D eigenvalue weighted by molar-refractivity contribution is 0.102. The summed E-state index contributed by atoms with van der Waals surface area (Å²) in [5, 5.41) is 12.4. The van der Waals surface area contributed by atoms with Crippen LogP contribution >= 0.6 is 0 Å². The number of aromatic hydroxyl groups is 1. The molecule has 6 aromatic carbocycles. The average Bonchev–Trinajstić information content (AvgIpc) is 4.04. The van der Waals surface area contributed by atoms with Gasteiger partial charge < -0.3 is 14.8 Å². The fourth-order valence-corrected chi connectivity index (χ4v) is 7.06. The van der Waals surface area contributed by atoms with Gasteiger partial charge in [0, 0.05) is 22.6 Å². The molecule has 0 saturated carbocycles. The number of amides is 1. The van der Waals surface area contributed by atoms with Gasteiger partial charge in [0.2, 0.25) is 5.89 Å². The minimum atomic E-state index is -0.611. The molecule has 0 fully saturated rings. The van der Waals surface area contributed by atoms with Gasteiger partial charge in [-0.3, -0.25) is 14.8 Å². The Morgan fingerprint density at radius 2 is 1.13 bits per heavy atom. The van der Waals surface area contributed by atoms with Crippen LogP contribution in [0.2, 0.25) is 0 Å². The third kappa shape index (κ3) is 9.36. The monoisotopic (exact) mass is 810 g/mol. The maximum atomic E-state index is 14.0. The lowest BCUT2D eigenvalue weighted by Crippen LogP contribution is -2.12. The van der Waals surface area contributed by atoms with Crippen molar-refractivity contribution in [3.63, 3.8) is 0 Å². The number of hydrogen-bond donors (Lipinski definition) is 2. The summed E-state index contributed by atoms with van der Waals surface area (Å²) >= 11 is 0. The molecule has 1 aromatic heterocycles. The number of oxazole rings is 1. The van der Waals surface area contributed by atoms with Crippen LogP contribution in [-0.2, 0) is 0 Å². The molecule has 1 amide bonds. The normalized spacial score (nSPS) is 15.6. The quantitative estimate of drug-likeness (QED) is 0.124. The van der Waals surface area contributed by atoms with Gasteiger partial charge in [0.25, 0.3) is 5.91 Å². The van der Waals surface area contributed by atoms with E-state index in [9.17, 15) is 27.5 Å². The van der Waals surface area contributed by atoms with E-state index in [0.29, 0.717) is 47.8 Å². The number of hydrogen-bond acceptors (Lipinski definition) is 6. The van der Waals surface area contributed by atoms with Gasteiger partial charge >= 0.3 is 0 Å². The highest BCUT2D eigenvalue weighted by Gasteiger charge is 2.26. The number of nitrogens with one attached hydrogen (secondary N) is 1. The Morgan fingerprint density at radius 3 is 1.65 bits per heavy atom. The van der Waals surface area contributed by atoms with Crippen LogP contribution in [-0.4, -0.2) is 27.4 Å². The number of halogens is 4. The van der Waals surface area contributed by atoms with Crippen molar-refractivity contribution in [3.05, 3.63) is 185 Å². The van der Waals surface area contributed by atoms with Crippen molar-refractivity contribution in [1.82, 2.24) is 4.98 Å². The second-order valence-electron chi connectivity index (χ2n) is 14.4. The van der Waals surface area contributed by atoms with Gasteiger partial charge in [0.05, 0.1) is 28.9 Å². The predicted molar refractivity (Wildman–Crippen MR) is 228 cm³/mol. The Balaban J connectivity index is 0.000000171. The van der Waals surface area contributed by atoms with Crippen LogP contribution in [0.3, 0.4) is 0 Å². The molecule has 304 valence electrons. The number of aromatic nitrogens is 1. The zero-order chi connectivity index (χ0) is 42.2. The summed E-state index contributed by atoms with van der Waals surface area (Å²) in [7, 11) is 0. The molecule has 2 atom stereocenters. The molecule has 3 heterocycles. The molecule has 0 spiro atoms. The van der Waals surface area contributed by atoms with E-state index in [2.05, 4.69) is 34.1 Å². The molecule has 2 unspecified atom stereocenters. The topological polar surface area (TPSA) is 100 Å². The molecule has 0 radical (unpaired) electrons. The van der Waals surface area contributed by atoms with Crippen LogP contribution in [0.1, 0.15) is 90.6 Å². The predicted octanol–water partition coefficient (Wildman–Crippen LogP) is 12.8. The van der Waals surface area contributed by atoms with Crippen LogP contribution in [0, 0.1) is 23.3 Å². The van der Waals surface area contributed by atoms with Gasteiger partial charge in [0.15, 0.2) is 5.58 Å². The first-order chi connectivity index (χ1) is 29.1. The second kappa shape index (κ2) is 18.8. The second-order valence-corrected chi connectivity index (χ2v) is 14.4. The summed E-state index contributed by atoms with van der Waals surface area (Å²) in [5.74, 6) is -2.14. The summed E-state index contributed by atoms with van der Waals surface area (Å²) in [4.78, 5) is 26.0. The zero-order valence-corrected chi connectivity index (χ0v) is 33.0. The Hall–Kier alpha value is -6.88. The van der Waals surface area contributed by atoms with E-state index < -0.39 is 23.3 Å². The number of rotatable bonds is 7. The Kier molecular flexibility index (Phi) is 12.9. The van der Waals surface area contributed by atoms with Crippen molar-refractivity contribution in [2.75, 3.05) is 5.32 Å². The van der Waals surface area contributed by atoms with Crippen molar-refractivity contribution in [1.29, 1.82) is 0 Å². The highest BCUT2D eigenvalue weighted by molar-refractivity contribution is 6.05. The molecule has 0 saturated heterocycles. The summed E-state index contributed by atoms with van der Waals surface area (Å²) in [6.45, 7) is 4.25. The largest absolute Gasteiger partial charge is 0.506 e. The molecule has 60 heavy (non-hydrogen) atoms. The molecule has 0 bridgehead atoms. The number of fused-ring (bicyclic) bond motifs is 1. The highest BCUT2D eigenvalue weighted by atomic mass is 19.1. The summed E-state index contributed by atoms with van der Waals surface area (Å²) < 4.78 is 61.8. The maximum Gasteiger partial charge on any atom is 0.255 e. The number of carbonyl (C=O) groups excluding carboxylic acids is 1. The highest BCUT2D eigenvalue weighted by Crippen LogP contribution is 2.35. The molecular weight excluding hydrogens is 769 g/mol. The molecule has 9 rings (SSSR count). The third-order valence-corrected chi connectivity index (χ3v) is 9.98. The van der Waals surface area contributed by atoms with Gasteiger partial charge in [0.1, 0.15) is 34.5 Å². The smallest absolute Gasteiger partial charge is 0.255 e. The van der Waals surface area contributed by atoms with Crippen LogP contribution in [0.5, 0.6) is 5.75 Å². The van der Waals surface area contributed by atoms with Gasteiger partial charge in [-0.05, 0) is 110 Å². The Bertz CT molecular complexity index is 2600. The number of benzene rings is 6. The lowest BCUT2D eigenvalue weighted by atomic mass is 10.0. The van der Waals surface area contributed by atoms with Gasteiger partial charge in [-0.15, -0.1) is 0 Å². The fourth-order valence-electron chi connectivity index (χ4n) is 7.06. The fraction of sp³-hybridized carbons (Fsp3) is 0.184. The van der Waals surface area contributed by atoms with Crippen LogP contribution < -0.4 is 5.32 Å². The van der Waals surface area contributed by atoms with E-state index in [4.69, 9.17) is 4.42 Å². The van der Waals surface area contributed by atoms with E-state index in [-0.39, 0.29) is 34.9 Å². The van der Waals surface area contributed by atoms with Gasteiger partial charge in [-0.1, -0.05) is 80.9 Å². The van der Waals surface area contributed by atoms with Crippen molar-refractivity contribution in [2.45, 2.75) is 58.0 Å². The average molecular weight is 811 g/mol. The summed E-state index contributed by atoms with van der Waals surface area (Å²) in [5.41, 5.74) is 5.93. The standard InChI is InChI=1S/C23H18F2N2O2.C23H16F2N2O.C3H8/c24-16-4-3-5-17(25)22(16)20-13-12-18(26-20)14-8-10-15(11-9-14)23(29)27-19-6-1-2-7-21(19)28;24-16-4-3-5-17(25)22(16)20-13-12-18(26-20)14-8-10-15(11-9-14)23-27-19-6-1-2-7-21(19)28-23;1-3-2/h1-11,18,28H,12-13H2,(H,27,29);1-11,18H,12-13H2;3H2,1-2H3. The number of aliphatic imine (C=N–C) groups is 2. The van der Waals surface area contributed by atoms with E-state index in [0.717, 1.165) is 34.2 Å². The molecule has 2 aliphatic rings. The van der Waals surface area contributed by atoms with E-state index in [1.165, 1.54) is 48.9 Å². The number of phenols is 1. The minimum absolute atomic E-state index is 0.00639. The van der Waals surface area contributed by atoms with Crippen LogP contribution in [0.4, 0.5) is 23.2 Å². The van der Waals surface area contributed by atoms with Gasteiger partial charge in [-0.25, -0.2) is 22.5 Å². The van der Waals surface area contributed by atoms with E-state index in [1.54, 1.807) is 42.5 Å². The number of para-hydroxylation sites is 4. The molecule has 7 nitrogen and oxygen atoms in total. The minimum Gasteiger partial charge on any atom is -0.506 e. The Morgan fingerprint density at radius 1 is 0.650 bits per heavy atom. The zero-order valence-electron chi connectivity index (χ0n) is 33.0. The van der Waals surface area contributed by atoms with Crippen molar-refractivity contribution >= 4 is 34.1 Å². The molecule has 7 aromatic rings. The van der Waals surface area contributed by atoms with Crippen LogP contribution in [0.25, 0.3) is 22.6 Å². The number of phenolic OH excluding ortho intramolecular Hbond substituents is 1. The summed E-state index contributed by atoms with van der Waals surface area (Å²) in [6, 6.07) is 36.2. The maximum absolute atomic E-state index is 14.0. The first-order valence-corrected chi connectivity index (χ1v) is 19.8. The van der Waals surface area contributed by atoms with Gasteiger partial charge in [-0.2, -0.15) is 0 Å².